The number of hydrogen-bond donors (Lipinski definition) is 1. The van der Waals surface area contributed by atoms with Crippen LogP contribution in [-0.2, 0) is 4.74 Å². The van der Waals surface area contributed by atoms with E-state index in [-0.39, 0.29) is 0 Å². The maximum atomic E-state index is 5.99. The quantitative estimate of drug-likeness (QED) is 0.920. The number of benzene rings is 1. The predicted octanol–water partition coefficient (Wildman–Crippen LogP) is 3.87. The van der Waals surface area contributed by atoms with E-state index >= 15 is 0 Å². The molecule has 1 heterocycles. The number of anilines is 1. The molecule has 0 radical (unpaired) electrons. The fraction of sp³-hybridized carbons (Fsp3) is 0.400. The molecule has 0 amide bonds. The van der Waals surface area contributed by atoms with E-state index in [0.717, 1.165) is 41.1 Å². The summed E-state index contributed by atoms with van der Waals surface area (Å²) in [5.74, 6) is 0. The molecule has 0 atom stereocenters. The van der Waals surface area contributed by atoms with Gasteiger partial charge in [-0.3, -0.25) is 4.98 Å². The minimum absolute atomic E-state index is 0.421. The molecule has 4 heteroatoms. The Kier molecular flexibility index (Phi) is 3.58. The second kappa shape index (κ2) is 5.35. The highest BCUT2D eigenvalue weighted by molar-refractivity contribution is 6.31. The Balaban J connectivity index is 1.75. The van der Waals surface area contributed by atoms with E-state index in [1.165, 1.54) is 0 Å². The molecule has 1 aliphatic carbocycles. The highest BCUT2D eigenvalue weighted by Gasteiger charge is 2.29. The van der Waals surface area contributed by atoms with E-state index in [1.807, 2.05) is 37.4 Å². The molecule has 0 unspecified atom stereocenters. The first-order valence-electron chi connectivity index (χ1n) is 6.68. The summed E-state index contributed by atoms with van der Waals surface area (Å²) < 4.78 is 5.58. The molecular formula is C15H17ClN2O. The molecule has 1 aromatic carbocycles. The smallest absolute Gasteiger partial charge is 0.0737 e. The van der Waals surface area contributed by atoms with Crippen molar-refractivity contribution in [3.63, 3.8) is 0 Å². The molecule has 2 aromatic rings. The first-order valence-corrected chi connectivity index (χ1v) is 7.06. The fourth-order valence-corrected chi connectivity index (χ4v) is 2.69. The molecule has 0 spiro atoms. The Morgan fingerprint density at radius 2 is 2.21 bits per heavy atom. The van der Waals surface area contributed by atoms with Crippen molar-refractivity contribution >= 4 is 28.2 Å². The van der Waals surface area contributed by atoms with Gasteiger partial charge in [0.1, 0.15) is 0 Å². The molecule has 0 aliphatic heterocycles. The summed E-state index contributed by atoms with van der Waals surface area (Å²) in [7, 11) is 0. The first kappa shape index (κ1) is 12.7. The van der Waals surface area contributed by atoms with Crippen LogP contribution < -0.4 is 5.32 Å². The van der Waals surface area contributed by atoms with Gasteiger partial charge in [-0.25, -0.2) is 0 Å². The van der Waals surface area contributed by atoms with E-state index in [9.17, 15) is 0 Å². The second-order valence-corrected chi connectivity index (χ2v) is 5.35. The highest BCUT2D eigenvalue weighted by Crippen LogP contribution is 2.30. The molecule has 0 bridgehead atoms. The van der Waals surface area contributed by atoms with Gasteiger partial charge in [0.05, 0.1) is 11.6 Å². The third-order valence-corrected chi connectivity index (χ3v) is 3.80. The van der Waals surface area contributed by atoms with Crippen LogP contribution in [0.25, 0.3) is 10.9 Å². The van der Waals surface area contributed by atoms with Gasteiger partial charge in [-0.1, -0.05) is 11.6 Å². The summed E-state index contributed by atoms with van der Waals surface area (Å²) in [5.41, 5.74) is 2.06. The Hall–Kier alpha value is -1.32. The van der Waals surface area contributed by atoms with Crippen molar-refractivity contribution in [2.45, 2.75) is 31.9 Å². The highest BCUT2D eigenvalue weighted by atomic mass is 35.5. The van der Waals surface area contributed by atoms with E-state index in [4.69, 9.17) is 16.3 Å². The molecule has 100 valence electrons. The van der Waals surface area contributed by atoms with Crippen molar-refractivity contribution < 1.29 is 4.74 Å². The molecule has 1 fully saturated rings. The Morgan fingerprint density at radius 3 is 3.00 bits per heavy atom. The van der Waals surface area contributed by atoms with Gasteiger partial charge in [0, 0.05) is 34.9 Å². The first-order chi connectivity index (χ1) is 9.26. The number of hydrogen-bond acceptors (Lipinski definition) is 3. The number of nitrogens with one attached hydrogen (secondary N) is 1. The fourth-order valence-electron chi connectivity index (χ4n) is 2.52. The van der Waals surface area contributed by atoms with Crippen molar-refractivity contribution in [2.24, 2.45) is 0 Å². The molecule has 19 heavy (non-hydrogen) atoms. The van der Waals surface area contributed by atoms with Crippen molar-refractivity contribution in [3.05, 3.63) is 35.5 Å². The summed E-state index contributed by atoms with van der Waals surface area (Å²) in [6, 6.07) is 8.33. The second-order valence-electron chi connectivity index (χ2n) is 4.91. The van der Waals surface area contributed by atoms with Crippen LogP contribution in [-0.4, -0.2) is 23.7 Å². The standard InChI is InChI=1S/C15H17ClN2O/c1-2-19-12-8-11(9-12)18-14-5-6-17-15-7-10(16)3-4-13(14)15/h3-7,11-12H,2,8-9H2,1H3,(H,17,18). The van der Waals surface area contributed by atoms with Crippen LogP contribution >= 0.6 is 11.6 Å². The minimum Gasteiger partial charge on any atom is -0.382 e. The number of rotatable bonds is 4. The molecule has 0 saturated heterocycles. The zero-order valence-corrected chi connectivity index (χ0v) is 11.7. The van der Waals surface area contributed by atoms with E-state index in [2.05, 4.69) is 10.3 Å². The van der Waals surface area contributed by atoms with Crippen molar-refractivity contribution in [3.8, 4) is 0 Å². The monoisotopic (exact) mass is 276 g/mol. The summed E-state index contributed by atoms with van der Waals surface area (Å²) >= 11 is 5.99. The minimum atomic E-state index is 0.421. The van der Waals surface area contributed by atoms with Gasteiger partial charge in [-0.05, 0) is 44.0 Å². The van der Waals surface area contributed by atoms with E-state index in [1.54, 1.807) is 0 Å². The Morgan fingerprint density at radius 1 is 1.37 bits per heavy atom. The van der Waals surface area contributed by atoms with Gasteiger partial charge in [0.25, 0.3) is 0 Å². The van der Waals surface area contributed by atoms with E-state index < -0.39 is 0 Å². The summed E-state index contributed by atoms with van der Waals surface area (Å²) in [4.78, 5) is 4.35. The van der Waals surface area contributed by atoms with Crippen LogP contribution in [0.1, 0.15) is 19.8 Å². The molecule has 1 saturated carbocycles. The number of nitrogens with zero attached hydrogens (tertiary/aromatic N) is 1. The zero-order valence-electron chi connectivity index (χ0n) is 10.9. The van der Waals surface area contributed by atoms with Gasteiger partial charge in [0.15, 0.2) is 0 Å². The molecule has 1 aromatic heterocycles. The lowest BCUT2D eigenvalue weighted by Gasteiger charge is -2.36. The average molecular weight is 277 g/mol. The van der Waals surface area contributed by atoms with Crippen molar-refractivity contribution in [1.82, 2.24) is 4.98 Å². The number of aromatic nitrogens is 1. The van der Waals surface area contributed by atoms with Crippen LogP contribution in [0.5, 0.6) is 0 Å². The Labute approximate surface area is 117 Å². The summed E-state index contributed by atoms with van der Waals surface area (Å²) in [6.07, 6.45) is 4.39. The van der Waals surface area contributed by atoms with Gasteiger partial charge < -0.3 is 10.1 Å². The van der Waals surface area contributed by atoms with Crippen LogP contribution in [0.15, 0.2) is 30.5 Å². The van der Waals surface area contributed by atoms with Crippen molar-refractivity contribution in [1.29, 1.82) is 0 Å². The van der Waals surface area contributed by atoms with E-state index in [0.29, 0.717) is 12.1 Å². The predicted molar refractivity (Wildman–Crippen MR) is 78.8 cm³/mol. The van der Waals surface area contributed by atoms with Crippen LogP contribution in [0.3, 0.4) is 0 Å². The van der Waals surface area contributed by atoms with Crippen molar-refractivity contribution in [2.75, 3.05) is 11.9 Å². The zero-order chi connectivity index (χ0) is 13.2. The van der Waals surface area contributed by atoms with Crippen LogP contribution in [0.4, 0.5) is 5.69 Å². The number of fused-ring (bicyclic) bond motifs is 1. The number of halogens is 1. The lowest BCUT2D eigenvalue weighted by atomic mass is 9.89. The summed E-state index contributed by atoms with van der Waals surface area (Å²) in [6.45, 7) is 2.84. The molecule has 1 N–H and O–H groups in total. The normalized spacial score (nSPS) is 22.2. The van der Waals surface area contributed by atoms with Gasteiger partial charge >= 0.3 is 0 Å². The van der Waals surface area contributed by atoms with Crippen LogP contribution in [0.2, 0.25) is 5.02 Å². The van der Waals surface area contributed by atoms with Crippen LogP contribution in [0, 0.1) is 0 Å². The lowest BCUT2D eigenvalue weighted by molar-refractivity contribution is 0.00302. The maximum Gasteiger partial charge on any atom is 0.0737 e. The third kappa shape index (κ3) is 2.67. The van der Waals surface area contributed by atoms with Gasteiger partial charge in [-0.15, -0.1) is 0 Å². The molecular weight excluding hydrogens is 260 g/mol. The number of ether oxygens (including phenoxy) is 1. The Bertz CT molecular complexity index is 581. The molecule has 3 nitrogen and oxygen atoms in total. The SMILES string of the molecule is CCOC1CC(Nc2ccnc3cc(Cl)ccc23)C1. The third-order valence-electron chi connectivity index (χ3n) is 3.56. The van der Waals surface area contributed by atoms with Gasteiger partial charge in [-0.2, -0.15) is 0 Å². The lowest BCUT2D eigenvalue weighted by Crippen LogP contribution is -2.40. The summed E-state index contributed by atoms with van der Waals surface area (Å²) in [5, 5.41) is 5.40. The molecule has 3 rings (SSSR count). The number of pyridine rings is 1. The molecule has 1 aliphatic rings. The topological polar surface area (TPSA) is 34.1 Å². The largest absolute Gasteiger partial charge is 0.382 e. The van der Waals surface area contributed by atoms with Gasteiger partial charge in [0.2, 0.25) is 0 Å². The maximum absolute atomic E-state index is 5.99. The average Bonchev–Trinajstić information content (AvgIpc) is 2.36.